The molecule has 1 aromatic rings. The lowest BCUT2D eigenvalue weighted by Crippen LogP contribution is -2.27. The molecule has 0 fully saturated rings. The summed E-state index contributed by atoms with van der Waals surface area (Å²) >= 11 is 5.95. The molecule has 0 spiro atoms. The van der Waals surface area contributed by atoms with Crippen molar-refractivity contribution < 1.29 is 23.7 Å². The number of halogens is 1. The lowest BCUT2D eigenvalue weighted by molar-refractivity contribution is -0.139. The number of carbonyl (C=O) groups is 1. The van der Waals surface area contributed by atoms with Crippen LogP contribution in [-0.2, 0) is 14.3 Å². The van der Waals surface area contributed by atoms with Gasteiger partial charge in [0.15, 0.2) is 0 Å². The van der Waals surface area contributed by atoms with Gasteiger partial charge in [-0.25, -0.2) is 4.79 Å². The predicted octanol–water partition coefficient (Wildman–Crippen LogP) is 2.57. The smallest absolute Gasteiger partial charge is 0.338 e. The molecule has 1 aliphatic rings. The van der Waals surface area contributed by atoms with E-state index in [2.05, 4.69) is 0 Å². The largest absolute Gasteiger partial charge is 0.497 e. The van der Waals surface area contributed by atoms with Crippen LogP contribution in [0.3, 0.4) is 0 Å². The standard InChI is InChI=1S/C18H19ClN2O5/c1-4-25-18(22)16-14(8-19)26-17(21)12(9-20)15(16)11-7-10(23-2)5-6-13(11)24-3/h5-7,15H,4,8,21H2,1-3H3. The highest BCUT2D eigenvalue weighted by Crippen LogP contribution is 2.44. The Labute approximate surface area is 156 Å². The van der Waals surface area contributed by atoms with E-state index in [0.717, 1.165) is 0 Å². The third-order valence-corrected chi connectivity index (χ3v) is 4.10. The van der Waals surface area contributed by atoms with E-state index in [1.54, 1.807) is 25.1 Å². The molecule has 0 radical (unpaired) electrons. The maximum absolute atomic E-state index is 12.6. The molecule has 2 N–H and O–H groups in total. The summed E-state index contributed by atoms with van der Waals surface area (Å²) in [6.45, 7) is 1.83. The number of methoxy groups -OCH3 is 2. The van der Waals surface area contributed by atoms with Crippen LogP contribution in [0.5, 0.6) is 11.5 Å². The second-order valence-electron chi connectivity index (χ2n) is 5.22. The second kappa shape index (κ2) is 8.50. The second-order valence-corrected chi connectivity index (χ2v) is 5.49. The quantitative estimate of drug-likeness (QED) is 0.599. The minimum absolute atomic E-state index is 0.0634. The number of ether oxygens (including phenoxy) is 4. The zero-order chi connectivity index (χ0) is 19.3. The van der Waals surface area contributed by atoms with Gasteiger partial charge in [-0.3, -0.25) is 0 Å². The van der Waals surface area contributed by atoms with Crippen molar-refractivity contribution in [2.75, 3.05) is 26.7 Å². The van der Waals surface area contributed by atoms with Crippen LogP contribution in [-0.4, -0.2) is 32.7 Å². The number of hydrogen-bond donors (Lipinski definition) is 1. The summed E-state index contributed by atoms with van der Waals surface area (Å²) in [5.74, 6) is -0.615. The van der Waals surface area contributed by atoms with Crippen molar-refractivity contribution in [3.05, 3.63) is 46.6 Å². The van der Waals surface area contributed by atoms with Crippen LogP contribution in [0.15, 0.2) is 41.0 Å². The molecule has 0 aliphatic carbocycles. The van der Waals surface area contributed by atoms with Crippen molar-refractivity contribution >= 4 is 17.6 Å². The summed E-state index contributed by atoms with van der Waals surface area (Å²) < 4.78 is 21.2. The Hall–Kier alpha value is -2.85. The van der Waals surface area contributed by atoms with E-state index in [4.69, 9.17) is 36.3 Å². The molecule has 1 aromatic carbocycles. The van der Waals surface area contributed by atoms with Crippen molar-refractivity contribution in [3.8, 4) is 17.6 Å². The first-order valence-electron chi connectivity index (χ1n) is 7.77. The number of benzene rings is 1. The molecule has 1 unspecified atom stereocenters. The van der Waals surface area contributed by atoms with E-state index in [1.807, 2.05) is 6.07 Å². The van der Waals surface area contributed by atoms with Crippen molar-refractivity contribution in [2.45, 2.75) is 12.8 Å². The third-order valence-electron chi connectivity index (χ3n) is 3.86. The fourth-order valence-corrected chi connectivity index (χ4v) is 2.92. The van der Waals surface area contributed by atoms with Gasteiger partial charge in [0.1, 0.15) is 28.9 Å². The summed E-state index contributed by atoms with van der Waals surface area (Å²) in [4.78, 5) is 12.6. The highest BCUT2D eigenvalue weighted by atomic mass is 35.5. The number of rotatable bonds is 6. The van der Waals surface area contributed by atoms with Gasteiger partial charge in [0.25, 0.3) is 0 Å². The molecule has 8 heteroatoms. The Bertz CT molecular complexity index is 810. The number of nitriles is 1. The number of nitrogens with two attached hydrogens (primary N) is 1. The number of esters is 1. The molecule has 0 saturated carbocycles. The Balaban J connectivity index is 2.77. The van der Waals surface area contributed by atoms with Crippen LogP contribution in [0.25, 0.3) is 0 Å². The van der Waals surface area contributed by atoms with Crippen LogP contribution >= 0.6 is 11.6 Å². The van der Waals surface area contributed by atoms with Crippen LogP contribution in [0.1, 0.15) is 18.4 Å². The zero-order valence-corrected chi connectivity index (χ0v) is 15.4. The first kappa shape index (κ1) is 19.5. The molecule has 7 nitrogen and oxygen atoms in total. The summed E-state index contributed by atoms with van der Waals surface area (Å²) in [5.41, 5.74) is 6.59. The fourth-order valence-electron chi connectivity index (χ4n) is 2.73. The lowest BCUT2D eigenvalue weighted by atomic mass is 9.82. The third kappa shape index (κ3) is 3.55. The summed E-state index contributed by atoms with van der Waals surface area (Å²) in [7, 11) is 3.00. The van der Waals surface area contributed by atoms with Gasteiger partial charge in [0.05, 0.1) is 38.2 Å². The monoisotopic (exact) mass is 378 g/mol. The number of allylic oxidation sites excluding steroid dienone is 2. The summed E-state index contributed by atoms with van der Waals surface area (Å²) in [6.07, 6.45) is 0. The number of alkyl halides is 1. The van der Waals surface area contributed by atoms with E-state index in [0.29, 0.717) is 17.1 Å². The highest BCUT2D eigenvalue weighted by Gasteiger charge is 2.39. The van der Waals surface area contributed by atoms with E-state index in [9.17, 15) is 10.1 Å². The first-order chi connectivity index (χ1) is 12.5. The Morgan fingerprint density at radius 1 is 1.38 bits per heavy atom. The van der Waals surface area contributed by atoms with Gasteiger partial charge in [0.2, 0.25) is 5.88 Å². The van der Waals surface area contributed by atoms with Crippen molar-refractivity contribution in [1.82, 2.24) is 0 Å². The number of carbonyl (C=O) groups excluding carboxylic acids is 1. The number of nitrogens with zero attached hydrogens (tertiary/aromatic N) is 1. The molecule has 2 rings (SSSR count). The van der Waals surface area contributed by atoms with E-state index >= 15 is 0 Å². The van der Waals surface area contributed by atoms with E-state index < -0.39 is 11.9 Å². The minimum Gasteiger partial charge on any atom is -0.497 e. The molecular formula is C18H19ClN2O5. The first-order valence-corrected chi connectivity index (χ1v) is 8.31. The fraction of sp³-hybridized carbons (Fsp3) is 0.333. The highest BCUT2D eigenvalue weighted by molar-refractivity contribution is 6.19. The van der Waals surface area contributed by atoms with Gasteiger partial charge in [-0.1, -0.05) is 0 Å². The molecule has 1 heterocycles. The van der Waals surface area contributed by atoms with Gasteiger partial charge < -0.3 is 24.7 Å². The molecule has 1 atom stereocenters. The van der Waals surface area contributed by atoms with E-state index in [-0.39, 0.29) is 35.3 Å². The molecule has 0 saturated heterocycles. The Morgan fingerprint density at radius 3 is 2.65 bits per heavy atom. The Kier molecular flexibility index (Phi) is 6.36. The van der Waals surface area contributed by atoms with E-state index in [1.165, 1.54) is 14.2 Å². The Morgan fingerprint density at radius 2 is 2.12 bits per heavy atom. The molecule has 138 valence electrons. The van der Waals surface area contributed by atoms with Gasteiger partial charge in [-0.15, -0.1) is 11.6 Å². The summed E-state index contributed by atoms with van der Waals surface area (Å²) in [6, 6.07) is 7.07. The zero-order valence-electron chi connectivity index (χ0n) is 14.7. The predicted molar refractivity (Wildman–Crippen MR) is 94.6 cm³/mol. The van der Waals surface area contributed by atoms with Crippen LogP contribution in [0.4, 0.5) is 0 Å². The average Bonchev–Trinajstić information content (AvgIpc) is 2.66. The average molecular weight is 379 g/mol. The van der Waals surface area contributed by atoms with Crippen molar-refractivity contribution in [1.29, 1.82) is 5.26 Å². The lowest BCUT2D eigenvalue weighted by Gasteiger charge is -2.28. The minimum atomic E-state index is -0.855. The SMILES string of the molecule is CCOC(=O)C1=C(CCl)OC(N)=C(C#N)C1c1cc(OC)ccc1OC. The number of hydrogen-bond acceptors (Lipinski definition) is 7. The maximum atomic E-state index is 12.6. The van der Waals surface area contributed by atoms with Crippen LogP contribution in [0.2, 0.25) is 0 Å². The van der Waals surface area contributed by atoms with Crippen molar-refractivity contribution in [2.24, 2.45) is 5.73 Å². The van der Waals surface area contributed by atoms with Crippen LogP contribution in [0, 0.1) is 11.3 Å². The molecular weight excluding hydrogens is 360 g/mol. The van der Waals surface area contributed by atoms with Gasteiger partial charge in [-0.2, -0.15) is 5.26 Å². The molecule has 26 heavy (non-hydrogen) atoms. The van der Waals surface area contributed by atoms with Gasteiger partial charge in [-0.05, 0) is 25.1 Å². The molecule has 1 aliphatic heterocycles. The topological polar surface area (TPSA) is 104 Å². The van der Waals surface area contributed by atoms with Gasteiger partial charge in [0, 0.05) is 5.56 Å². The van der Waals surface area contributed by atoms with Gasteiger partial charge >= 0.3 is 5.97 Å². The molecule has 0 amide bonds. The summed E-state index contributed by atoms with van der Waals surface area (Å²) in [5, 5.41) is 9.62. The maximum Gasteiger partial charge on any atom is 0.338 e. The molecule has 0 aromatic heterocycles. The molecule has 0 bridgehead atoms. The normalized spacial score (nSPS) is 16.7. The van der Waals surface area contributed by atoms with Crippen LogP contribution < -0.4 is 15.2 Å². The van der Waals surface area contributed by atoms with Crippen molar-refractivity contribution in [3.63, 3.8) is 0 Å².